The van der Waals surface area contributed by atoms with E-state index >= 15 is 0 Å². The zero-order valence-electron chi connectivity index (χ0n) is 10.0. The van der Waals surface area contributed by atoms with Gasteiger partial charge in [0.15, 0.2) is 11.5 Å². The van der Waals surface area contributed by atoms with Crippen molar-refractivity contribution < 1.29 is 19.0 Å². The Bertz CT molecular complexity index is 369. The minimum Gasteiger partial charge on any atom is -0.493 e. The van der Waals surface area contributed by atoms with Crippen LogP contribution in [0.2, 0.25) is 0 Å². The topological polar surface area (TPSA) is 38.7 Å². The van der Waals surface area contributed by atoms with Gasteiger partial charge in [0.2, 0.25) is 0 Å². The number of halogens is 1. The third kappa shape index (κ3) is 2.44. The summed E-state index contributed by atoms with van der Waals surface area (Å²) < 4.78 is 24.1. The highest BCUT2D eigenvalue weighted by atomic mass is 19.1. The van der Waals surface area contributed by atoms with Crippen LogP contribution in [0, 0.1) is 0 Å². The first kappa shape index (κ1) is 12.8. The molecular formula is C12H17FO3. The van der Waals surface area contributed by atoms with Crippen LogP contribution in [-0.2, 0) is 12.3 Å². The predicted molar refractivity (Wildman–Crippen MR) is 59.6 cm³/mol. The zero-order chi connectivity index (χ0) is 12.3. The lowest BCUT2D eigenvalue weighted by Gasteiger charge is -2.20. The largest absolute Gasteiger partial charge is 0.493 e. The van der Waals surface area contributed by atoms with E-state index in [-0.39, 0.29) is 6.61 Å². The van der Waals surface area contributed by atoms with Crippen LogP contribution < -0.4 is 9.47 Å². The van der Waals surface area contributed by atoms with Gasteiger partial charge in [-0.3, -0.25) is 0 Å². The van der Waals surface area contributed by atoms with E-state index in [1.165, 1.54) is 28.1 Å². The van der Waals surface area contributed by atoms with E-state index in [0.717, 1.165) is 0 Å². The monoisotopic (exact) mass is 228 g/mol. The van der Waals surface area contributed by atoms with Gasteiger partial charge in [0.25, 0.3) is 0 Å². The van der Waals surface area contributed by atoms with Gasteiger partial charge in [-0.25, -0.2) is 4.39 Å². The summed E-state index contributed by atoms with van der Waals surface area (Å²) in [4.78, 5) is 0. The number of ether oxygens (including phenoxy) is 2. The number of hydrogen-bond acceptors (Lipinski definition) is 3. The molecule has 0 fully saturated rings. The number of aliphatic hydroxyl groups is 1. The molecule has 0 aliphatic rings. The SMILES string of the molecule is COc1cc(CO)c(C(C)(C)F)cc1OC. The standard InChI is InChI=1S/C12H17FO3/c1-12(2,13)9-6-11(16-4)10(15-3)5-8(9)7-14/h5-6,14H,7H2,1-4H3. The number of alkyl halides is 1. The molecule has 1 N–H and O–H groups in total. The molecule has 4 heteroatoms. The number of hydrogen-bond donors (Lipinski definition) is 1. The molecule has 0 atom stereocenters. The summed E-state index contributed by atoms with van der Waals surface area (Å²) in [6.07, 6.45) is 0. The lowest BCUT2D eigenvalue weighted by Crippen LogP contribution is -2.13. The summed E-state index contributed by atoms with van der Waals surface area (Å²) in [5, 5.41) is 9.20. The highest BCUT2D eigenvalue weighted by Crippen LogP contribution is 2.36. The molecule has 0 bridgehead atoms. The zero-order valence-corrected chi connectivity index (χ0v) is 10.0. The number of aliphatic hydroxyl groups excluding tert-OH is 1. The Labute approximate surface area is 94.8 Å². The van der Waals surface area contributed by atoms with E-state index in [1.54, 1.807) is 12.1 Å². The Hall–Kier alpha value is -1.29. The van der Waals surface area contributed by atoms with Crippen LogP contribution >= 0.6 is 0 Å². The molecule has 0 unspecified atom stereocenters. The number of benzene rings is 1. The lowest BCUT2D eigenvalue weighted by molar-refractivity contribution is 0.209. The van der Waals surface area contributed by atoms with Crippen molar-refractivity contribution in [3.8, 4) is 11.5 Å². The summed E-state index contributed by atoms with van der Waals surface area (Å²) in [6.45, 7) is 2.64. The second-order valence-electron chi connectivity index (χ2n) is 3.99. The quantitative estimate of drug-likeness (QED) is 0.860. The van der Waals surface area contributed by atoms with E-state index in [4.69, 9.17) is 9.47 Å². The van der Waals surface area contributed by atoms with Crippen molar-refractivity contribution in [3.05, 3.63) is 23.3 Å². The Morgan fingerprint density at radius 2 is 1.69 bits per heavy atom. The minimum atomic E-state index is -1.53. The molecule has 0 aliphatic heterocycles. The van der Waals surface area contributed by atoms with Gasteiger partial charge in [0.1, 0.15) is 5.67 Å². The van der Waals surface area contributed by atoms with Gasteiger partial charge in [-0.1, -0.05) is 0 Å². The predicted octanol–water partition coefficient (Wildman–Crippen LogP) is 2.40. The Morgan fingerprint density at radius 1 is 1.19 bits per heavy atom. The highest BCUT2D eigenvalue weighted by Gasteiger charge is 2.24. The van der Waals surface area contributed by atoms with Crippen molar-refractivity contribution in [2.45, 2.75) is 26.1 Å². The fraction of sp³-hybridized carbons (Fsp3) is 0.500. The van der Waals surface area contributed by atoms with E-state index in [2.05, 4.69) is 0 Å². The lowest BCUT2D eigenvalue weighted by atomic mass is 9.94. The summed E-state index contributed by atoms with van der Waals surface area (Å²) >= 11 is 0. The fourth-order valence-electron chi connectivity index (χ4n) is 1.61. The molecule has 0 heterocycles. The summed E-state index contributed by atoms with van der Waals surface area (Å²) in [5.41, 5.74) is -0.616. The van der Waals surface area contributed by atoms with Crippen molar-refractivity contribution in [1.82, 2.24) is 0 Å². The maximum Gasteiger partial charge on any atom is 0.161 e. The number of rotatable bonds is 4. The van der Waals surface area contributed by atoms with E-state index in [0.29, 0.717) is 22.6 Å². The smallest absolute Gasteiger partial charge is 0.161 e. The molecule has 0 amide bonds. The fourth-order valence-corrected chi connectivity index (χ4v) is 1.61. The van der Waals surface area contributed by atoms with Gasteiger partial charge in [0.05, 0.1) is 20.8 Å². The van der Waals surface area contributed by atoms with Gasteiger partial charge in [-0.05, 0) is 37.1 Å². The Balaban J connectivity index is 3.38. The molecule has 0 saturated carbocycles. The molecule has 90 valence electrons. The second-order valence-corrected chi connectivity index (χ2v) is 3.99. The van der Waals surface area contributed by atoms with Crippen molar-refractivity contribution in [2.24, 2.45) is 0 Å². The van der Waals surface area contributed by atoms with Gasteiger partial charge in [-0.2, -0.15) is 0 Å². The average Bonchev–Trinajstić information content (AvgIpc) is 2.25. The molecule has 0 spiro atoms. The first-order valence-corrected chi connectivity index (χ1v) is 4.99. The van der Waals surface area contributed by atoms with E-state index in [9.17, 15) is 9.50 Å². The van der Waals surface area contributed by atoms with Crippen LogP contribution in [0.5, 0.6) is 11.5 Å². The van der Waals surface area contributed by atoms with Gasteiger partial charge in [0, 0.05) is 0 Å². The average molecular weight is 228 g/mol. The molecule has 1 rings (SSSR count). The molecule has 0 aromatic heterocycles. The van der Waals surface area contributed by atoms with Crippen LogP contribution in [-0.4, -0.2) is 19.3 Å². The first-order chi connectivity index (χ1) is 7.43. The maximum absolute atomic E-state index is 13.9. The summed E-state index contributed by atoms with van der Waals surface area (Å²) in [5.74, 6) is 0.944. The van der Waals surface area contributed by atoms with Crippen molar-refractivity contribution >= 4 is 0 Å². The normalized spacial score (nSPS) is 11.4. The maximum atomic E-state index is 13.9. The van der Waals surface area contributed by atoms with Crippen LogP contribution in [0.25, 0.3) is 0 Å². The van der Waals surface area contributed by atoms with Gasteiger partial charge in [-0.15, -0.1) is 0 Å². The van der Waals surface area contributed by atoms with Crippen molar-refractivity contribution in [3.63, 3.8) is 0 Å². The summed E-state index contributed by atoms with van der Waals surface area (Å²) in [7, 11) is 2.99. The second kappa shape index (κ2) is 4.70. The van der Waals surface area contributed by atoms with Crippen LogP contribution in [0.3, 0.4) is 0 Å². The molecule has 16 heavy (non-hydrogen) atoms. The third-order valence-electron chi connectivity index (χ3n) is 2.42. The third-order valence-corrected chi connectivity index (χ3v) is 2.42. The number of methoxy groups -OCH3 is 2. The molecule has 0 aliphatic carbocycles. The highest BCUT2D eigenvalue weighted by molar-refractivity contribution is 5.48. The van der Waals surface area contributed by atoms with Crippen LogP contribution in [0.15, 0.2) is 12.1 Å². The van der Waals surface area contributed by atoms with E-state index < -0.39 is 5.67 Å². The molecule has 3 nitrogen and oxygen atoms in total. The molecule has 0 saturated heterocycles. The van der Waals surface area contributed by atoms with E-state index in [1.807, 2.05) is 0 Å². The molecular weight excluding hydrogens is 211 g/mol. The van der Waals surface area contributed by atoms with Crippen LogP contribution in [0.4, 0.5) is 4.39 Å². The summed E-state index contributed by atoms with van der Waals surface area (Å²) in [6, 6.07) is 3.15. The Kier molecular flexibility index (Phi) is 3.75. The van der Waals surface area contributed by atoms with Crippen molar-refractivity contribution in [1.29, 1.82) is 0 Å². The Morgan fingerprint density at radius 3 is 2.06 bits per heavy atom. The molecule has 0 radical (unpaired) electrons. The van der Waals surface area contributed by atoms with Crippen molar-refractivity contribution in [2.75, 3.05) is 14.2 Å². The molecule has 1 aromatic rings. The first-order valence-electron chi connectivity index (χ1n) is 4.99. The van der Waals surface area contributed by atoms with Crippen LogP contribution in [0.1, 0.15) is 25.0 Å². The van der Waals surface area contributed by atoms with Gasteiger partial charge >= 0.3 is 0 Å². The minimum absolute atomic E-state index is 0.233. The van der Waals surface area contributed by atoms with Gasteiger partial charge < -0.3 is 14.6 Å². The molecule has 1 aromatic carbocycles.